The van der Waals surface area contributed by atoms with Gasteiger partial charge in [-0.15, -0.1) is 0 Å². The predicted octanol–water partition coefficient (Wildman–Crippen LogP) is 4.50. The summed E-state index contributed by atoms with van der Waals surface area (Å²) in [6.45, 7) is 2.18. The van der Waals surface area contributed by atoms with Crippen molar-refractivity contribution in [1.82, 2.24) is 0 Å². The molecule has 36 heavy (non-hydrogen) atoms. The molecule has 3 aromatic carbocycles. The second-order valence-corrected chi connectivity index (χ2v) is 11.5. The highest BCUT2D eigenvalue weighted by Gasteiger charge is 2.38. The summed E-state index contributed by atoms with van der Waals surface area (Å²) < 4.78 is 40.6. The van der Waals surface area contributed by atoms with Gasteiger partial charge < -0.3 is 19.7 Å². The number of benzene rings is 3. The largest absolute Gasteiger partial charge is 0.396 e. The van der Waals surface area contributed by atoms with Gasteiger partial charge in [-0.1, -0.05) is 61.5 Å². The molecule has 7 nitrogen and oxygen atoms in total. The molecule has 0 saturated carbocycles. The monoisotopic (exact) mass is 529 g/mol. The van der Waals surface area contributed by atoms with E-state index in [1.54, 1.807) is 66.4 Å². The molecule has 1 heterocycles. The van der Waals surface area contributed by atoms with Gasteiger partial charge in [0.1, 0.15) is 0 Å². The fraction of sp³-hybridized carbons (Fsp3) is 0.333. The maximum atomic E-state index is 12.6. The molecule has 3 aromatic rings. The molecule has 192 valence electrons. The summed E-state index contributed by atoms with van der Waals surface area (Å²) >= 11 is 1.63. The summed E-state index contributed by atoms with van der Waals surface area (Å²) in [5, 5.41) is 18.6. The van der Waals surface area contributed by atoms with Crippen molar-refractivity contribution in [3.63, 3.8) is 0 Å². The molecule has 4 atom stereocenters. The van der Waals surface area contributed by atoms with Gasteiger partial charge in [0.15, 0.2) is 6.29 Å². The van der Waals surface area contributed by atoms with Gasteiger partial charge in [0, 0.05) is 28.7 Å². The number of nitrogens with one attached hydrogen (secondary N) is 1. The minimum atomic E-state index is -3.68. The molecule has 9 heteroatoms. The van der Waals surface area contributed by atoms with Gasteiger partial charge in [-0.3, -0.25) is 4.72 Å². The number of aliphatic hydroxyl groups excluding tert-OH is 2. The Morgan fingerprint density at radius 2 is 1.56 bits per heavy atom. The van der Waals surface area contributed by atoms with Crippen molar-refractivity contribution in [3.05, 3.63) is 95.6 Å². The summed E-state index contributed by atoms with van der Waals surface area (Å²) in [4.78, 5) is 0.195. The number of anilines is 1. The standard InChI is InChI=1S/C27H31NO6S2/c1-19-25(18-35-16-15-29)33-27(34-26(19)21-9-7-20(17-30)8-10-21)22-11-13-23(14-12-22)28-36(31,32)24-5-3-2-4-6-24/h2-14,19,25-30H,15-18H2,1H3/t19-,25+,26+,27+/m0/s1. The molecule has 1 aliphatic heterocycles. The Morgan fingerprint density at radius 1 is 0.889 bits per heavy atom. The Morgan fingerprint density at radius 3 is 2.19 bits per heavy atom. The SMILES string of the molecule is C[C@H]1[C@@H](CSCCO)O[C@@H](c2ccc(NS(=O)(=O)c3ccccc3)cc2)O[C@H]1c1ccc(CO)cc1. The maximum Gasteiger partial charge on any atom is 0.261 e. The summed E-state index contributed by atoms with van der Waals surface area (Å²) in [6.07, 6.45) is -0.977. The molecule has 0 aliphatic carbocycles. The van der Waals surface area contributed by atoms with E-state index in [9.17, 15) is 18.6 Å². The third kappa shape index (κ3) is 6.47. The molecule has 1 saturated heterocycles. The Hall–Kier alpha value is -2.40. The summed E-state index contributed by atoms with van der Waals surface area (Å²) in [5.74, 6) is 1.40. The van der Waals surface area contributed by atoms with Crippen molar-refractivity contribution in [2.24, 2.45) is 5.92 Å². The van der Waals surface area contributed by atoms with E-state index in [4.69, 9.17) is 9.47 Å². The first kappa shape index (κ1) is 26.7. The zero-order valence-corrected chi connectivity index (χ0v) is 21.6. The average molecular weight is 530 g/mol. The molecule has 0 spiro atoms. The second-order valence-electron chi connectivity index (χ2n) is 8.66. The number of thioether (sulfide) groups is 1. The van der Waals surface area contributed by atoms with E-state index >= 15 is 0 Å². The van der Waals surface area contributed by atoms with Crippen LogP contribution in [0.2, 0.25) is 0 Å². The lowest BCUT2D eigenvalue weighted by atomic mass is 9.91. The highest BCUT2D eigenvalue weighted by Crippen LogP contribution is 2.42. The number of ether oxygens (including phenoxy) is 2. The molecule has 0 bridgehead atoms. The Balaban J connectivity index is 1.53. The van der Waals surface area contributed by atoms with Crippen LogP contribution in [0.1, 0.15) is 36.0 Å². The third-order valence-corrected chi connectivity index (χ3v) is 8.56. The van der Waals surface area contributed by atoms with Crippen LogP contribution in [0.15, 0.2) is 83.8 Å². The molecule has 3 N–H and O–H groups in total. The van der Waals surface area contributed by atoms with Crippen molar-refractivity contribution in [1.29, 1.82) is 0 Å². The van der Waals surface area contributed by atoms with E-state index in [-0.39, 0.29) is 36.2 Å². The number of rotatable bonds is 10. The van der Waals surface area contributed by atoms with Crippen molar-refractivity contribution in [3.8, 4) is 0 Å². The van der Waals surface area contributed by atoms with Gasteiger partial charge in [-0.05, 0) is 35.4 Å². The lowest BCUT2D eigenvalue weighted by Crippen LogP contribution is -2.38. The molecule has 1 aliphatic rings. The Labute approximate surface area is 216 Å². The topological polar surface area (TPSA) is 105 Å². The van der Waals surface area contributed by atoms with Crippen LogP contribution in [0.3, 0.4) is 0 Å². The Bertz CT molecular complexity index is 1200. The van der Waals surface area contributed by atoms with Crippen LogP contribution in [0.4, 0.5) is 5.69 Å². The van der Waals surface area contributed by atoms with Crippen molar-refractivity contribution < 1.29 is 28.1 Å². The van der Waals surface area contributed by atoms with E-state index in [1.165, 1.54) is 0 Å². The number of hydrogen-bond donors (Lipinski definition) is 3. The molecule has 0 unspecified atom stereocenters. The maximum absolute atomic E-state index is 12.6. The van der Waals surface area contributed by atoms with E-state index in [0.717, 1.165) is 16.7 Å². The zero-order chi connectivity index (χ0) is 25.5. The van der Waals surface area contributed by atoms with Gasteiger partial charge in [0.2, 0.25) is 0 Å². The van der Waals surface area contributed by atoms with Gasteiger partial charge in [0.05, 0.1) is 30.3 Å². The second kappa shape index (κ2) is 12.2. The van der Waals surface area contributed by atoms with E-state index in [1.807, 2.05) is 24.3 Å². The average Bonchev–Trinajstić information content (AvgIpc) is 2.90. The molecule has 0 radical (unpaired) electrons. The fourth-order valence-corrected chi connectivity index (χ4v) is 6.09. The predicted molar refractivity (Wildman–Crippen MR) is 141 cm³/mol. The Kier molecular flexibility index (Phi) is 9.05. The normalized spacial score (nSPS) is 22.3. The van der Waals surface area contributed by atoms with E-state index < -0.39 is 16.3 Å². The van der Waals surface area contributed by atoms with Crippen molar-refractivity contribution >= 4 is 27.5 Å². The molecular weight excluding hydrogens is 498 g/mol. The lowest BCUT2D eigenvalue weighted by molar-refractivity contribution is -0.268. The number of hydrogen-bond acceptors (Lipinski definition) is 7. The van der Waals surface area contributed by atoms with Crippen LogP contribution in [-0.4, -0.2) is 42.8 Å². The van der Waals surface area contributed by atoms with E-state index in [2.05, 4.69) is 11.6 Å². The lowest BCUT2D eigenvalue weighted by Gasteiger charge is -2.41. The van der Waals surface area contributed by atoms with Crippen molar-refractivity contribution in [2.75, 3.05) is 22.8 Å². The zero-order valence-electron chi connectivity index (χ0n) is 20.0. The molecule has 0 amide bonds. The highest BCUT2D eigenvalue weighted by molar-refractivity contribution is 7.99. The van der Waals surface area contributed by atoms with Gasteiger partial charge >= 0.3 is 0 Å². The highest BCUT2D eigenvalue weighted by atomic mass is 32.2. The first-order chi connectivity index (χ1) is 17.4. The van der Waals surface area contributed by atoms with Crippen LogP contribution in [0.5, 0.6) is 0 Å². The van der Waals surface area contributed by atoms with Gasteiger partial charge in [-0.25, -0.2) is 8.42 Å². The first-order valence-electron chi connectivity index (χ1n) is 11.8. The molecule has 4 rings (SSSR count). The fourth-order valence-electron chi connectivity index (χ4n) is 4.10. The third-order valence-electron chi connectivity index (χ3n) is 6.13. The number of sulfonamides is 1. The van der Waals surface area contributed by atoms with Gasteiger partial charge in [-0.2, -0.15) is 11.8 Å². The van der Waals surface area contributed by atoms with Crippen LogP contribution < -0.4 is 4.72 Å². The van der Waals surface area contributed by atoms with Gasteiger partial charge in [0.25, 0.3) is 10.0 Å². The summed E-state index contributed by atoms with van der Waals surface area (Å²) in [7, 11) is -3.68. The van der Waals surface area contributed by atoms with Crippen LogP contribution in [0.25, 0.3) is 0 Å². The minimum Gasteiger partial charge on any atom is -0.396 e. The molecule has 1 fully saturated rings. The number of aliphatic hydroxyl groups is 2. The van der Waals surface area contributed by atoms with Crippen LogP contribution in [-0.2, 0) is 26.1 Å². The summed E-state index contributed by atoms with van der Waals surface area (Å²) in [5.41, 5.74) is 3.05. The smallest absolute Gasteiger partial charge is 0.261 e. The first-order valence-corrected chi connectivity index (χ1v) is 14.4. The quantitative estimate of drug-likeness (QED) is 0.332. The summed E-state index contributed by atoms with van der Waals surface area (Å²) in [6, 6.07) is 22.9. The minimum absolute atomic E-state index is 0.0199. The van der Waals surface area contributed by atoms with Crippen LogP contribution in [0, 0.1) is 5.92 Å². The van der Waals surface area contributed by atoms with E-state index in [0.29, 0.717) is 17.2 Å². The molecule has 0 aromatic heterocycles. The van der Waals surface area contributed by atoms with Crippen LogP contribution >= 0.6 is 11.8 Å². The molecular formula is C27H31NO6S2. The van der Waals surface area contributed by atoms with Crippen molar-refractivity contribution in [2.45, 2.75) is 36.9 Å².